The summed E-state index contributed by atoms with van der Waals surface area (Å²) >= 11 is 0. The van der Waals surface area contributed by atoms with Gasteiger partial charge in [0.2, 0.25) is 0 Å². The summed E-state index contributed by atoms with van der Waals surface area (Å²) in [6.07, 6.45) is 8.77. The van der Waals surface area contributed by atoms with Crippen LogP contribution in [0.5, 0.6) is 0 Å². The Labute approximate surface area is 211 Å². The summed E-state index contributed by atoms with van der Waals surface area (Å²) in [6.45, 7) is 12.9. The first kappa shape index (κ1) is 24.5. The average molecular weight is 467 g/mol. The number of anilines is 3. The van der Waals surface area contributed by atoms with Crippen molar-refractivity contribution in [1.29, 1.82) is 0 Å². The first-order valence-corrected chi connectivity index (χ1v) is 12.9. The fourth-order valence-electron chi connectivity index (χ4n) is 4.73. The zero-order valence-electron chi connectivity index (χ0n) is 21.5. The smallest absolute Gasteiger partial charge is 0.0958 e. The third kappa shape index (κ3) is 5.54. The highest BCUT2D eigenvalue weighted by Gasteiger charge is 2.27. The van der Waals surface area contributed by atoms with Crippen LogP contribution in [0.3, 0.4) is 0 Å². The Bertz CT molecular complexity index is 1090. The van der Waals surface area contributed by atoms with Crippen molar-refractivity contribution in [2.75, 3.05) is 41.0 Å². The van der Waals surface area contributed by atoms with Gasteiger partial charge < -0.3 is 9.80 Å². The van der Waals surface area contributed by atoms with Crippen LogP contribution in [-0.4, -0.2) is 31.2 Å². The molecule has 0 saturated carbocycles. The predicted molar refractivity (Wildman–Crippen MR) is 152 cm³/mol. The summed E-state index contributed by atoms with van der Waals surface area (Å²) in [5.74, 6) is 0. The van der Waals surface area contributed by atoms with E-state index in [-0.39, 0.29) is 6.04 Å². The molecule has 0 aliphatic carbocycles. The molecule has 0 fully saturated rings. The quantitative estimate of drug-likeness (QED) is 0.310. The van der Waals surface area contributed by atoms with E-state index in [1.807, 2.05) is 0 Å². The van der Waals surface area contributed by atoms with Crippen LogP contribution < -0.4 is 14.8 Å². The molecule has 1 heterocycles. The van der Waals surface area contributed by atoms with Crippen molar-refractivity contribution in [2.24, 2.45) is 0 Å². The van der Waals surface area contributed by atoms with E-state index in [1.165, 1.54) is 22.5 Å². The fraction of sp³-hybridized carbons (Fsp3) is 0.290. The van der Waals surface area contributed by atoms with E-state index < -0.39 is 0 Å². The van der Waals surface area contributed by atoms with E-state index in [0.29, 0.717) is 0 Å². The van der Waals surface area contributed by atoms with E-state index in [1.54, 1.807) is 0 Å². The number of para-hydroxylation sites is 1. The third-order valence-corrected chi connectivity index (χ3v) is 6.76. The molecule has 1 aliphatic rings. The molecule has 1 aliphatic heterocycles. The van der Waals surface area contributed by atoms with E-state index in [4.69, 9.17) is 0 Å². The van der Waals surface area contributed by atoms with E-state index in [9.17, 15) is 0 Å². The summed E-state index contributed by atoms with van der Waals surface area (Å²) < 4.78 is 0. The third-order valence-electron chi connectivity index (χ3n) is 6.76. The molecule has 0 bridgehead atoms. The Hall–Kier alpha value is -3.66. The molecule has 0 spiro atoms. The molecule has 4 rings (SSSR count). The summed E-state index contributed by atoms with van der Waals surface area (Å²) in [5, 5.41) is 4.53. The van der Waals surface area contributed by atoms with Crippen molar-refractivity contribution >= 4 is 23.1 Å². The first-order chi connectivity index (χ1) is 17.2. The molecule has 182 valence electrons. The van der Waals surface area contributed by atoms with E-state index in [2.05, 4.69) is 151 Å². The molecule has 4 nitrogen and oxygen atoms in total. The standard InChI is InChI=1S/C31H38N4/c1-5-32(6-2)28-18-14-26(15-19-28)22-24-34-25-23-31(35(34)30-12-10-9-11-13-30)27-16-20-29(21-17-27)33(7-3)8-4/h9-25,31H,5-8H2,1-4H3. The molecule has 35 heavy (non-hydrogen) atoms. The molecular formula is C31H38N4. The maximum absolute atomic E-state index is 2.38. The summed E-state index contributed by atoms with van der Waals surface area (Å²) in [6, 6.07) is 28.6. The van der Waals surface area contributed by atoms with Gasteiger partial charge in [0, 0.05) is 50.0 Å². The van der Waals surface area contributed by atoms with E-state index in [0.717, 1.165) is 31.9 Å². The minimum atomic E-state index is 0.137. The Balaban J connectivity index is 1.57. The van der Waals surface area contributed by atoms with Crippen LogP contribution in [0.1, 0.15) is 44.9 Å². The van der Waals surface area contributed by atoms with Crippen LogP contribution in [0.2, 0.25) is 0 Å². The summed E-state index contributed by atoms with van der Waals surface area (Å²) in [5.41, 5.74) is 6.18. The number of hydrogen-bond acceptors (Lipinski definition) is 4. The second kappa shape index (κ2) is 11.7. The van der Waals surface area contributed by atoms with Crippen LogP contribution in [0.15, 0.2) is 97.3 Å². The normalized spacial score (nSPS) is 15.3. The SMILES string of the molecule is CCN(CC)c1ccc(C=CN2C=CC(c3ccc(N(CC)CC)cc3)N2c2ccccc2)cc1. The van der Waals surface area contributed by atoms with Crippen molar-refractivity contribution < 1.29 is 0 Å². The number of nitrogens with zero attached hydrogens (tertiary/aromatic N) is 4. The molecule has 0 saturated heterocycles. The molecule has 3 aromatic rings. The average Bonchev–Trinajstić information content (AvgIpc) is 3.34. The minimum absolute atomic E-state index is 0.137. The van der Waals surface area contributed by atoms with Crippen LogP contribution in [0, 0.1) is 0 Å². The highest BCUT2D eigenvalue weighted by atomic mass is 15.6. The highest BCUT2D eigenvalue weighted by molar-refractivity contribution is 5.58. The van der Waals surface area contributed by atoms with Gasteiger partial charge in [0.15, 0.2) is 0 Å². The van der Waals surface area contributed by atoms with Crippen molar-refractivity contribution in [1.82, 2.24) is 5.01 Å². The maximum atomic E-state index is 2.38. The Kier molecular flexibility index (Phi) is 8.15. The van der Waals surface area contributed by atoms with Gasteiger partial charge in [0.05, 0.1) is 11.7 Å². The summed E-state index contributed by atoms with van der Waals surface area (Å²) in [4.78, 5) is 4.74. The predicted octanol–water partition coefficient (Wildman–Crippen LogP) is 7.34. The van der Waals surface area contributed by atoms with Gasteiger partial charge in [-0.25, -0.2) is 0 Å². The van der Waals surface area contributed by atoms with Gasteiger partial charge in [-0.2, -0.15) is 0 Å². The topological polar surface area (TPSA) is 13.0 Å². The van der Waals surface area contributed by atoms with Gasteiger partial charge in [0.1, 0.15) is 0 Å². The lowest BCUT2D eigenvalue weighted by Crippen LogP contribution is -2.33. The zero-order chi connectivity index (χ0) is 24.6. The lowest BCUT2D eigenvalue weighted by molar-refractivity contribution is 0.465. The molecule has 1 unspecified atom stereocenters. The van der Waals surface area contributed by atoms with Gasteiger partial charge >= 0.3 is 0 Å². The maximum Gasteiger partial charge on any atom is 0.0958 e. The van der Waals surface area contributed by atoms with Crippen molar-refractivity contribution in [2.45, 2.75) is 33.7 Å². The molecular weight excluding hydrogens is 428 g/mol. The first-order valence-electron chi connectivity index (χ1n) is 12.9. The van der Waals surface area contributed by atoms with Gasteiger partial charge in [0.25, 0.3) is 0 Å². The Morgan fingerprint density at radius 3 is 1.77 bits per heavy atom. The molecule has 0 radical (unpaired) electrons. The highest BCUT2D eigenvalue weighted by Crippen LogP contribution is 2.35. The van der Waals surface area contributed by atoms with Crippen LogP contribution in [0.4, 0.5) is 17.1 Å². The number of benzene rings is 3. The molecule has 4 heteroatoms. The van der Waals surface area contributed by atoms with Crippen LogP contribution in [-0.2, 0) is 0 Å². The lowest BCUT2D eigenvalue weighted by Gasteiger charge is -2.34. The number of hydrogen-bond donors (Lipinski definition) is 0. The fourth-order valence-corrected chi connectivity index (χ4v) is 4.73. The summed E-state index contributed by atoms with van der Waals surface area (Å²) in [7, 11) is 0. The lowest BCUT2D eigenvalue weighted by atomic mass is 10.1. The number of hydrazine groups is 1. The van der Waals surface area contributed by atoms with Gasteiger partial charge in [-0.3, -0.25) is 10.0 Å². The largest absolute Gasteiger partial charge is 0.372 e. The van der Waals surface area contributed by atoms with Gasteiger partial charge in [-0.05, 0) is 87.4 Å². The van der Waals surface area contributed by atoms with Gasteiger partial charge in [-0.1, -0.05) is 42.5 Å². The van der Waals surface area contributed by atoms with Gasteiger partial charge in [-0.15, -0.1) is 0 Å². The van der Waals surface area contributed by atoms with Crippen molar-refractivity contribution in [3.05, 3.63) is 108 Å². The van der Waals surface area contributed by atoms with Crippen molar-refractivity contribution in [3.8, 4) is 0 Å². The van der Waals surface area contributed by atoms with Crippen LogP contribution >= 0.6 is 0 Å². The Morgan fingerprint density at radius 1 is 0.686 bits per heavy atom. The molecule has 0 N–H and O–H groups in total. The van der Waals surface area contributed by atoms with E-state index >= 15 is 0 Å². The Morgan fingerprint density at radius 2 is 1.23 bits per heavy atom. The van der Waals surface area contributed by atoms with Crippen molar-refractivity contribution in [3.63, 3.8) is 0 Å². The minimum Gasteiger partial charge on any atom is -0.372 e. The monoisotopic (exact) mass is 466 g/mol. The van der Waals surface area contributed by atoms with Crippen LogP contribution in [0.25, 0.3) is 6.08 Å². The second-order valence-corrected chi connectivity index (χ2v) is 8.69. The molecule has 0 aromatic heterocycles. The zero-order valence-corrected chi connectivity index (χ0v) is 21.5. The second-order valence-electron chi connectivity index (χ2n) is 8.69. The molecule has 3 aromatic carbocycles. The molecule has 1 atom stereocenters. The molecule has 0 amide bonds. The number of rotatable bonds is 10.